The molecule has 1 aliphatic heterocycles. The van der Waals surface area contributed by atoms with Crippen LogP contribution >= 0.6 is 0 Å². The van der Waals surface area contributed by atoms with Crippen LogP contribution in [0.4, 0.5) is 8.78 Å². The molecular weight excluding hydrogens is 202 g/mol. The Morgan fingerprint density at radius 3 is 2.13 bits per heavy atom. The van der Waals surface area contributed by atoms with Crippen molar-refractivity contribution >= 4 is 5.91 Å². The number of hydrogen-bond donors (Lipinski definition) is 0. The topological polar surface area (TPSA) is 23.6 Å². The third kappa shape index (κ3) is 3.12. The van der Waals surface area contributed by atoms with E-state index >= 15 is 0 Å². The second-order valence-corrected chi connectivity index (χ2v) is 4.31. The maximum Gasteiger partial charge on any atom is 0.256 e. The van der Waals surface area contributed by atoms with E-state index in [1.54, 1.807) is 0 Å². The molecule has 0 aliphatic carbocycles. The van der Waals surface area contributed by atoms with Crippen molar-refractivity contribution in [3.8, 4) is 0 Å². The summed E-state index contributed by atoms with van der Waals surface area (Å²) in [4.78, 5) is 15.3. The second kappa shape index (κ2) is 4.43. The van der Waals surface area contributed by atoms with Crippen molar-refractivity contribution in [2.75, 3.05) is 33.2 Å². The minimum atomic E-state index is -2.93. The van der Waals surface area contributed by atoms with E-state index in [0.717, 1.165) is 20.0 Å². The molecule has 15 heavy (non-hydrogen) atoms. The molecule has 1 amide bonds. The highest BCUT2D eigenvalue weighted by atomic mass is 19.3. The molecule has 0 aromatic heterocycles. The van der Waals surface area contributed by atoms with E-state index in [-0.39, 0.29) is 0 Å². The molecule has 88 valence electrons. The zero-order valence-corrected chi connectivity index (χ0v) is 9.46. The number of nitrogens with zero attached hydrogens (tertiary/aromatic N) is 2. The Balaban J connectivity index is 2.54. The van der Waals surface area contributed by atoms with Crippen molar-refractivity contribution < 1.29 is 13.6 Å². The second-order valence-electron chi connectivity index (χ2n) is 4.31. The van der Waals surface area contributed by atoms with Gasteiger partial charge >= 0.3 is 0 Å². The van der Waals surface area contributed by atoms with E-state index in [4.69, 9.17) is 0 Å². The molecule has 0 radical (unpaired) electrons. The largest absolute Gasteiger partial charge is 0.340 e. The smallest absolute Gasteiger partial charge is 0.256 e. The normalized spacial score (nSPS) is 21.5. The summed E-state index contributed by atoms with van der Waals surface area (Å²) in [5.74, 6) is -4.59. The minimum Gasteiger partial charge on any atom is -0.340 e. The molecule has 1 saturated heterocycles. The summed E-state index contributed by atoms with van der Waals surface area (Å²) in [5, 5.41) is 0. The fraction of sp³-hybridized carbons (Fsp3) is 0.900. The van der Waals surface area contributed by atoms with E-state index < -0.39 is 17.7 Å². The molecule has 1 atom stereocenters. The van der Waals surface area contributed by atoms with Gasteiger partial charge in [0.25, 0.3) is 5.92 Å². The van der Waals surface area contributed by atoms with Crippen molar-refractivity contribution in [3.63, 3.8) is 0 Å². The predicted octanol–water partition coefficient (Wildman–Crippen LogP) is 1.05. The molecule has 1 heterocycles. The van der Waals surface area contributed by atoms with Crippen LogP contribution in [0.2, 0.25) is 0 Å². The van der Waals surface area contributed by atoms with Crippen LogP contribution in [0.15, 0.2) is 0 Å². The Morgan fingerprint density at radius 1 is 1.27 bits per heavy atom. The molecule has 5 heteroatoms. The average Bonchev–Trinajstić information content (AvgIpc) is 2.15. The Hall–Kier alpha value is -0.710. The predicted molar refractivity (Wildman–Crippen MR) is 53.9 cm³/mol. The molecular formula is C10H18F2N2O. The fourth-order valence-electron chi connectivity index (χ4n) is 1.52. The maximum absolute atomic E-state index is 12.9. The molecule has 0 aromatic carbocycles. The zero-order valence-electron chi connectivity index (χ0n) is 9.46. The quantitative estimate of drug-likeness (QED) is 0.694. The summed E-state index contributed by atoms with van der Waals surface area (Å²) in [7, 11) is 1.96. The SMILES string of the molecule is C[C@@H](C(=O)N1CCN(C)CC1)C(C)(F)F. The highest BCUT2D eigenvalue weighted by Crippen LogP contribution is 2.25. The molecule has 3 nitrogen and oxygen atoms in total. The van der Waals surface area contributed by atoms with E-state index in [1.807, 2.05) is 7.05 Å². The molecule has 1 rings (SSSR count). The van der Waals surface area contributed by atoms with Crippen molar-refractivity contribution in [1.82, 2.24) is 9.80 Å². The Bertz CT molecular complexity index is 232. The molecule has 0 spiro atoms. The molecule has 0 bridgehead atoms. The van der Waals surface area contributed by atoms with Gasteiger partial charge in [0.2, 0.25) is 5.91 Å². The summed E-state index contributed by atoms with van der Waals surface area (Å²) in [5.41, 5.74) is 0. The van der Waals surface area contributed by atoms with Gasteiger partial charge in [-0.05, 0) is 14.0 Å². The van der Waals surface area contributed by atoms with Gasteiger partial charge in [0.15, 0.2) is 0 Å². The standard InChI is InChI=1S/C10H18F2N2O/c1-8(10(2,11)12)9(15)14-6-4-13(3)5-7-14/h8H,4-7H2,1-3H3/t8-/m0/s1. The summed E-state index contributed by atoms with van der Waals surface area (Å²) in [6.07, 6.45) is 0. The summed E-state index contributed by atoms with van der Waals surface area (Å²) < 4.78 is 25.9. The van der Waals surface area contributed by atoms with E-state index in [1.165, 1.54) is 11.8 Å². The molecule has 0 N–H and O–H groups in total. The van der Waals surface area contributed by atoms with Crippen molar-refractivity contribution in [2.45, 2.75) is 19.8 Å². The van der Waals surface area contributed by atoms with Gasteiger partial charge in [-0.1, -0.05) is 0 Å². The molecule has 1 fully saturated rings. The third-order valence-electron chi connectivity index (χ3n) is 2.95. The van der Waals surface area contributed by atoms with Gasteiger partial charge in [0.1, 0.15) is 0 Å². The minimum absolute atomic E-state index is 0.435. The Morgan fingerprint density at radius 2 is 1.73 bits per heavy atom. The first-order valence-corrected chi connectivity index (χ1v) is 5.17. The van der Waals surface area contributed by atoms with Crippen LogP contribution in [0.1, 0.15) is 13.8 Å². The van der Waals surface area contributed by atoms with Crippen molar-refractivity contribution in [3.05, 3.63) is 0 Å². The summed E-state index contributed by atoms with van der Waals surface area (Å²) in [6, 6.07) is 0. The highest BCUT2D eigenvalue weighted by Gasteiger charge is 2.38. The van der Waals surface area contributed by atoms with Gasteiger partial charge in [-0.15, -0.1) is 0 Å². The van der Waals surface area contributed by atoms with Crippen LogP contribution in [-0.4, -0.2) is 54.9 Å². The van der Waals surface area contributed by atoms with Crippen LogP contribution in [0.3, 0.4) is 0 Å². The third-order valence-corrected chi connectivity index (χ3v) is 2.95. The fourth-order valence-corrected chi connectivity index (χ4v) is 1.52. The van der Waals surface area contributed by atoms with Crippen LogP contribution in [0, 0.1) is 5.92 Å². The number of carbonyl (C=O) groups is 1. The number of alkyl halides is 2. The van der Waals surface area contributed by atoms with Gasteiger partial charge in [-0.25, -0.2) is 8.78 Å². The molecule has 0 saturated carbocycles. The molecule has 0 aromatic rings. The number of halogens is 2. The van der Waals surface area contributed by atoms with Gasteiger partial charge in [-0.3, -0.25) is 4.79 Å². The number of amides is 1. The van der Waals surface area contributed by atoms with Crippen LogP contribution in [-0.2, 0) is 4.79 Å². The average molecular weight is 220 g/mol. The van der Waals surface area contributed by atoms with E-state index in [0.29, 0.717) is 13.1 Å². The lowest BCUT2D eigenvalue weighted by Gasteiger charge is -2.35. The van der Waals surface area contributed by atoms with E-state index in [2.05, 4.69) is 4.90 Å². The first-order chi connectivity index (χ1) is 6.82. The first-order valence-electron chi connectivity index (χ1n) is 5.17. The number of likely N-dealkylation sites (N-methyl/N-ethyl adjacent to an activating group) is 1. The van der Waals surface area contributed by atoms with E-state index in [9.17, 15) is 13.6 Å². The lowest BCUT2D eigenvalue weighted by Crippen LogP contribution is -2.50. The van der Waals surface area contributed by atoms with Crippen molar-refractivity contribution in [2.24, 2.45) is 5.92 Å². The van der Waals surface area contributed by atoms with Gasteiger partial charge < -0.3 is 9.80 Å². The lowest BCUT2D eigenvalue weighted by atomic mass is 10.0. The Kier molecular flexibility index (Phi) is 3.65. The first kappa shape index (κ1) is 12.4. The van der Waals surface area contributed by atoms with Gasteiger partial charge in [0.05, 0.1) is 5.92 Å². The number of piperazine rings is 1. The van der Waals surface area contributed by atoms with Crippen LogP contribution < -0.4 is 0 Å². The molecule has 1 aliphatic rings. The molecule has 0 unspecified atom stereocenters. The highest BCUT2D eigenvalue weighted by molar-refractivity contribution is 5.79. The Labute approximate surface area is 89.0 Å². The number of rotatable bonds is 2. The zero-order chi connectivity index (χ0) is 11.6. The van der Waals surface area contributed by atoms with Crippen LogP contribution in [0.25, 0.3) is 0 Å². The maximum atomic E-state index is 12.9. The number of carbonyl (C=O) groups excluding carboxylic acids is 1. The number of hydrogen-bond acceptors (Lipinski definition) is 2. The van der Waals surface area contributed by atoms with Gasteiger partial charge in [0, 0.05) is 33.1 Å². The monoisotopic (exact) mass is 220 g/mol. The summed E-state index contributed by atoms with van der Waals surface area (Å²) in [6.45, 7) is 4.71. The van der Waals surface area contributed by atoms with Crippen LogP contribution in [0.5, 0.6) is 0 Å². The lowest BCUT2D eigenvalue weighted by molar-refractivity contribution is -0.148. The van der Waals surface area contributed by atoms with Crippen molar-refractivity contribution in [1.29, 1.82) is 0 Å². The van der Waals surface area contributed by atoms with Gasteiger partial charge in [-0.2, -0.15) is 0 Å². The summed E-state index contributed by atoms with van der Waals surface area (Å²) >= 11 is 0.